The van der Waals surface area contributed by atoms with E-state index in [1.165, 1.54) is 35.0 Å². The van der Waals surface area contributed by atoms with Crippen molar-refractivity contribution in [2.75, 3.05) is 5.32 Å². The number of aromatic nitrogens is 3. The van der Waals surface area contributed by atoms with Crippen LogP contribution in [0.1, 0.15) is 21.7 Å². The van der Waals surface area contributed by atoms with E-state index < -0.39 is 17.6 Å². The molecule has 0 spiro atoms. The van der Waals surface area contributed by atoms with Gasteiger partial charge in [-0.15, -0.1) is 0 Å². The standard InChI is InChI=1S/C15H11F3N4O/c1-9-8-12(20-13-6-7-19-22(9)13)14(23)21-11-5-3-2-4-10(11)15(16,17)18/h2-8H,1H3,(H,21,23). The average Bonchev–Trinajstić information content (AvgIpc) is 2.95. The molecule has 23 heavy (non-hydrogen) atoms. The molecule has 0 saturated carbocycles. The number of aryl methyl sites for hydroxylation is 1. The van der Waals surface area contributed by atoms with Crippen molar-refractivity contribution in [2.24, 2.45) is 0 Å². The average molecular weight is 320 g/mol. The molecular weight excluding hydrogens is 309 g/mol. The molecule has 0 radical (unpaired) electrons. The van der Waals surface area contributed by atoms with E-state index >= 15 is 0 Å². The van der Waals surface area contributed by atoms with Gasteiger partial charge in [0.1, 0.15) is 5.69 Å². The molecule has 0 aliphatic carbocycles. The lowest BCUT2D eigenvalue weighted by atomic mass is 10.1. The van der Waals surface area contributed by atoms with Gasteiger partial charge in [0.25, 0.3) is 5.91 Å². The first-order chi connectivity index (χ1) is 10.9. The monoisotopic (exact) mass is 320 g/mol. The van der Waals surface area contributed by atoms with Crippen LogP contribution < -0.4 is 5.32 Å². The topological polar surface area (TPSA) is 59.3 Å². The summed E-state index contributed by atoms with van der Waals surface area (Å²) in [5.74, 6) is -0.714. The zero-order valence-corrected chi connectivity index (χ0v) is 11.9. The Morgan fingerprint density at radius 3 is 2.70 bits per heavy atom. The number of carbonyl (C=O) groups is 1. The molecule has 0 atom stereocenters. The largest absolute Gasteiger partial charge is 0.418 e. The van der Waals surface area contributed by atoms with Crippen LogP contribution in [-0.2, 0) is 6.18 Å². The van der Waals surface area contributed by atoms with E-state index in [1.807, 2.05) is 0 Å². The van der Waals surface area contributed by atoms with Crippen LogP contribution in [0.25, 0.3) is 5.65 Å². The highest BCUT2D eigenvalue weighted by atomic mass is 19.4. The summed E-state index contributed by atoms with van der Waals surface area (Å²) in [7, 11) is 0. The summed E-state index contributed by atoms with van der Waals surface area (Å²) in [4.78, 5) is 16.3. The first-order valence-corrected chi connectivity index (χ1v) is 6.65. The zero-order chi connectivity index (χ0) is 16.6. The summed E-state index contributed by atoms with van der Waals surface area (Å²) >= 11 is 0. The Hall–Kier alpha value is -2.90. The van der Waals surface area contributed by atoms with Crippen molar-refractivity contribution in [1.29, 1.82) is 0 Å². The fourth-order valence-electron chi connectivity index (χ4n) is 2.21. The third-order valence-corrected chi connectivity index (χ3v) is 3.25. The van der Waals surface area contributed by atoms with E-state index in [0.717, 1.165) is 6.07 Å². The molecule has 5 nitrogen and oxygen atoms in total. The molecule has 2 aromatic heterocycles. The van der Waals surface area contributed by atoms with E-state index in [9.17, 15) is 18.0 Å². The lowest BCUT2D eigenvalue weighted by Crippen LogP contribution is -2.18. The van der Waals surface area contributed by atoms with Crippen molar-refractivity contribution in [3.63, 3.8) is 0 Å². The molecule has 0 bridgehead atoms. The molecule has 1 aromatic carbocycles. The molecular formula is C15H11F3N4O. The second-order valence-electron chi connectivity index (χ2n) is 4.88. The Bertz CT molecular complexity index is 886. The number of carbonyl (C=O) groups excluding carboxylic acids is 1. The predicted octanol–water partition coefficient (Wildman–Crippen LogP) is 3.31. The maximum Gasteiger partial charge on any atom is 0.418 e. The van der Waals surface area contributed by atoms with Crippen LogP contribution in [-0.4, -0.2) is 20.5 Å². The number of fused-ring (bicyclic) bond motifs is 1. The van der Waals surface area contributed by atoms with Crippen LogP contribution in [0.2, 0.25) is 0 Å². The van der Waals surface area contributed by atoms with E-state index in [0.29, 0.717) is 11.3 Å². The van der Waals surface area contributed by atoms with Crippen LogP contribution in [0.4, 0.5) is 18.9 Å². The third kappa shape index (κ3) is 2.87. The van der Waals surface area contributed by atoms with Crippen molar-refractivity contribution < 1.29 is 18.0 Å². The summed E-state index contributed by atoms with van der Waals surface area (Å²) in [6, 6.07) is 7.86. The molecule has 0 aliphatic heterocycles. The number of para-hydroxylation sites is 1. The van der Waals surface area contributed by atoms with Gasteiger partial charge in [0, 0.05) is 11.8 Å². The minimum atomic E-state index is -4.55. The fourth-order valence-corrected chi connectivity index (χ4v) is 2.21. The summed E-state index contributed by atoms with van der Waals surface area (Å²) in [6.07, 6.45) is -3.03. The smallest absolute Gasteiger partial charge is 0.320 e. The minimum absolute atomic E-state index is 0.0208. The number of anilines is 1. The number of rotatable bonds is 2. The fraction of sp³-hybridized carbons (Fsp3) is 0.133. The lowest BCUT2D eigenvalue weighted by Gasteiger charge is -2.13. The van der Waals surface area contributed by atoms with Gasteiger partial charge in [-0.3, -0.25) is 4.79 Å². The Morgan fingerprint density at radius 1 is 1.22 bits per heavy atom. The van der Waals surface area contributed by atoms with Crippen LogP contribution in [0.15, 0.2) is 42.6 Å². The molecule has 3 aromatic rings. The SMILES string of the molecule is Cc1cc(C(=O)Nc2ccccc2C(F)(F)F)nc2ccnn12. The van der Waals surface area contributed by atoms with Crippen molar-refractivity contribution >= 4 is 17.2 Å². The van der Waals surface area contributed by atoms with Gasteiger partial charge in [0.05, 0.1) is 17.4 Å². The molecule has 0 aliphatic rings. The van der Waals surface area contributed by atoms with Gasteiger partial charge in [-0.05, 0) is 25.1 Å². The number of halogens is 3. The van der Waals surface area contributed by atoms with Gasteiger partial charge in [-0.25, -0.2) is 9.50 Å². The van der Waals surface area contributed by atoms with Crippen molar-refractivity contribution in [3.8, 4) is 0 Å². The summed E-state index contributed by atoms with van der Waals surface area (Å²) in [5, 5.41) is 6.29. The lowest BCUT2D eigenvalue weighted by molar-refractivity contribution is -0.136. The highest BCUT2D eigenvalue weighted by molar-refractivity contribution is 6.03. The number of alkyl halides is 3. The predicted molar refractivity (Wildman–Crippen MR) is 77.1 cm³/mol. The normalized spacial score (nSPS) is 11.7. The summed E-state index contributed by atoms with van der Waals surface area (Å²) in [5.41, 5.74) is -0.102. The maximum atomic E-state index is 13.0. The van der Waals surface area contributed by atoms with Gasteiger partial charge in [0.15, 0.2) is 5.65 Å². The molecule has 0 saturated heterocycles. The molecule has 8 heteroatoms. The third-order valence-electron chi connectivity index (χ3n) is 3.25. The van der Waals surface area contributed by atoms with Crippen molar-refractivity contribution in [3.05, 3.63) is 59.5 Å². The number of benzene rings is 1. The van der Waals surface area contributed by atoms with Crippen molar-refractivity contribution in [1.82, 2.24) is 14.6 Å². The van der Waals surface area contributed by atoms with Crippen LogP contribution in [0.5, 0.6) is 0 Å². The van der Waals surface area contributed by atoms with E-state index in [2.05, 4.69) is 15.4 Å². The summed E-state index contributed by atoms with van der Waals surface area (Å²) in [6.45, 7) is 1.72. The highest BCUT2D eigenvalue weighted by Crippen LogP contribution is 2.34. The molecule has 1 N–H and O–H groups in total. The van der Waals surface area contributed by atoms with E-state index in [-0.39, 0.29) is 11.4 Å². The molecule has 0 unspecified atom stereocenters. The number of hydrogen-bond donors (Lipinski definition) is 1. The summed E-state index contributed by atoms with van der Waals surface area (Å²) < 4.78 is 40.4. The second kappa shape index (κ2) is 5.38. The van der Waals surface area contributed by atoms with Gasteiger partial charge < -0.3 is 5.32 Å². The Balaban J connectivity index is 1.95. The first kappa shape index (κ1) is 15.0. The van der Waals surface area contributed by atoms with Gasteiger partial charge in [0.2, 0.25) is 0 Å². The van der Waals surface area contributed by atoms with Crippen LogP contribution in [0.3, 0.4) is 0 Å². The molecule has 3 rings (SSSR count). The molecule has 2 heterocycles. The van der Waals surface area contributed by atoms with Gasteiger partial charge >= 0.3 is 6.18 Å². The maximum absolute atomic E-state index is 13.0. The first-order valence-electron chi connectivity index (χ1n) is 6.65. The minimum Gasteiger partial charge on any atom is -0.320 e. The Morgan fingerprint density at radius 2 is 1.96 bits per heavy atom. The van der Waals surface area contributed by atoms with Crippen molar-refractivity contribution in [2.45, 2.75) is 13.1 Å². The molecule has 1 amide bonds. The molecule has 0 fully saturated rings. The van der Waals surface area contributed by atoms with Gasteiger partial charge in [-0.1, -0.05) is 12.1 Å². The number of hydrogen-bond acceptors (Lipinski definition) is 3. The Labute approximate surface area is 128 Å². The van der Waals surface area contributed by atoms with Gasteiger partial charge in [-0.2, -0.15) is 18.3 Å². The second-order valence-corrected chi connectivity index (χ2v) is 4.88. The molecule has 118 valence electrons. The van der Waals surface area contributed by atoms with E-state index in [4.69, 9.17) is 0 Å². The quantitative estimate of drug-likeness (QED) is 0.788. The van der Waals surface area contributed by atoms with Crippen LogP contribution >= 0.6 is 0 Å². The highest BCUT2D eigenvalue weighted by Gasteiger charge is 2.33. The number of nitrogens with zero attached hydrogens (tertiary/aromatic N) is 3. The van der Waals surface area contributed by atoms with Crippen LogP contribution in [0, 0.1) is 6.92 Å². The Kier molecular flexibility index (Phi) is 3.51. The number of nitrogens with one attached hydrogen (secondary N) is 1. The van der Waals surface area contributed by atoms with E-state index in [1.54, 1.807) is 13.0 Å². The number of amides is 1. The zero-order valence-electron chi connectivity index (χ0n) is 11.9.